The number of nitrogens with zero attached hydrogens (tertiary/aromatic N) is 1. The van der Waals surface area contributed by atoms with Gasteiger partial charge in [-0.3, -0.25) is 9.69 Å². The number of carbonyl (C=O) groups is 1. The maximum absolute atomic E-state index is 12.6. The quantitative estimate of drug-likeness (QED) is 0.765. The molecule has 4 rings (SSSR count). The minimum atomic E-state index is -0.00805. The van der Waals surface area contributed by atoms with Crippen molar-refractivity contribution >= 4 is 28.8 Å². The third-order valence-corrected chi connectivity index (χ3v) is 6.43. The van der Waals surface area contributed by atoms with Crippen molar-refractivity contribution < 1.29 is 14.3 Å². The van der Waals surface area contributed by atoms with Crippen molar-refractivity contribution in [3.05, 3.63) is 45.1 Å². The van der Waals surface area contributed by atoms with E-state index in [1.54, 1.807) is 17.4 Å². The lowest BCUT2D eigenvalue weighted by Gasteiger charge is -2.27. The summed E-state index contributed by atoms with van der Waals surface area (Å²) in [6.07, 6.45) is 3.55. The molecule has 5 nitrogen and oxygen atoms in total. The van der Waals surface area contributed by atoms with E-state index in [0.717, 1.165) is 25.1 Å². The number of benzene rings is 1. The first kappa shape index (κ1) is 19.6. The molecule has 0 spiro atoms. The third kappa shape index (κ3) is 4.62. The minimum absolute atomic E-state index is 0.00805. The summed E-state index contributed by atoms with van der Waals surface area (Å²) in [7, 11) is 0. The van der Waals surface area contributed by atoms with Gasteiger partial charge < -0.3 is 14.8 Å². The second-order valence-corrected chi connectivity index (χ2v) is 8.60. The highest BCUT2D eigenvalue weighted by molar-refractivity contribution is 7.10. The molecule has 0 unspecified atom stereocenters. The number of rotatable bonds is 6. The van der Waals surface area contributed by atoms with Crippen LogP contribution in [0.1, 0.15) is 35.7 Å². The molecule has 1 aromatic carbocycles. The van der Waals surface area contributed by atoms with Gasteiger partial charge in [0.15, 0.2) is 11.5 Å². The summed E-state index contributed by atoms with van der Waals surface area (Å²) in [5.41, 5.74) is 0.834. The first-order valence-electron chi connectivity index (χ1n) is 9.83. The Hall–Kier alpha value is -1.76. The van der Waals surface area contributed by atoms with E-state index in [4.69, 9.17) is 21.1 Å². The number of nitrogens with one attached hydrogen (secondary N) is 1. The largest absolute Gasteiger partial charge is 0.489 e. The summed E-state index contributed by atoms with van der Waals surface area (Å²) >= 11 is 8.09. The Kier molecular flexibility index (Phi) is 6.40. The summed E-state index contributed by atoms with van der Waals surface area (Å²) in [5.74, 6) is 1.20. The van der Waals surface area contributed by atoms with Crippen molar-refractivity contribution in [2.75, 3.05) is 32.8 Å². The van der Waals surface area contributed by atoms with Crippen LogP contribution in [0, 0.1) is 0 Å². The molecule has 1 fully saturated rings. The normalized spacial score (nSPS) is 17.9. The van der Waals surface area contributed by atoms with E-state index in [1.807, 2.05) is 6.07 Å². The molecule has 2 aromatic rings. The Morgan fingerprint density at radius 3 is 2.82 bits per heavy atom. The van der Waals surface area contributed by atoms with Crippen LogP contribution in [0.25, 0.3) is 0 Å². The maximum atomic E-state index is 12.6. The van der Waals surface area contributed by atoms with Gasteiger partial charge in [-0.2, -0.15) is 0 Å². The molecule has 0 bridgehead atoms. The molecule has 1 amide bonds. The van der Waals surface area contributed by atoms with Crippen LogP contribution in [0.2, 0.25) is 5.02 Å². The topological polar surface area (TPSA) is 50.8 Å². The second kappa shape index (κ2) is 9.16. The molecule has 1 saturated heterocycles. The van der Waals surface area contributed by atoms with Gasteiger partial charge in [-0.25, -0.2) is 0 Å². The van der Waals surface area contributed by atoms with Crippen LogP contribution in [-0.2, 0) is 11.2 Å². The number of thiophene rings is 1. The maximum Gasteiger partial charge on any atom is 0.224 e. The summed E-state index contributed by atoms with van der Waals surface area (Å²) in [4.78, 5) is 16.4. The van der Waals surface area contributed by atoms with E-state index in [9.17, 15) is 4.79 Å². The summed E-state index contributed by atoms with van der Waals surface area (Å²) < 4.78 is 11.4. The van der Waals surface area contributed by atoms with Crippen molar-refractivity contribution in [3.8, 4) is 11.5 Å². The number of carbonyl (C=O) groups excluding carboxylic acids is 1. The molecule has 1 atom stereocenters. The number of ether oxygens (including phenoxy) is 2. The van der Waals surface area contributed by atoms with Gasteiger partial charge in [-0.05, 0) is 55.1 Å². The zero-order valence-electron chi connectivity index (χ0n) is 15.8. The minimum Gasteiger partial charge on any atom is -0.489 e. The second-order valence-electron chi connectivity index (χ2n) is 7.21. The van der Waals surface area contributed by atoms with Crippen LogP contribution < -0.4 is 14.8 Å². The molecule has 1 aromatic heterocycles. The van der Waals surface area contributed by atoms with Crippen molar-refractivity contribution in [1.29, 1.82) is 0 Å². The first-order valence-corrected chi connectivity index (χ1v) is 11.1. The van der Waals surface area contributed by atoms with Crippen LogP contribution in [-0.4, -0.2) is 43.7 Å². The highest BCUT2D eigenvalue weighted by Gasteiger charge is 2.25. The summed E-state index contributed by atoms with van der Waals surface area (Å²) in [5, 5.41) is 5.71. The Bertz CT molecular complexity index is 806. The van der Waals surface area contributed by atoms with Gasteiger partial charge in [0.1, 0.15) is 0 Å². The van der Waals surface area contributed by atoms with Crippen LogP contribution in [0.4, 0.5) is 0 Å². The first-order chi connectivity index (χ1) is 13.7. The highest BCUT2D eigenvalue weighted by Crippen LogP contribution is 2.38. The summed E-state index contributed by atoms with van der Waals surface area (Å²) in [6, 6.07) is 8.14. The standard InChI is InChI=1S/C21H25ClN2O3S/c22-16-11-15(12-18-21(16)27-9-4-8-26-18)13-20(25)23-14-17(19-5-3-10-28-19)24-6-1-2-7-24/h3,5,10-12,17H,1-2,4,6-9,13-14H2,(H,23,25)/t17-/m0/s1. The lowest BCUT2D eigenvalue weighted by atomic mass is 10.1. The number of hydrogen-bond acceptors (Lipinski definition) is 5. The molecule has 1 N–H and O–H groups in total. The Balaban J connectivity index is 1.40. The molecule has 7 heteroatoms. The van der Waals surface area contributed by atoms with Crippen LogP contribution in [0.3, 0.4) is 0 Å². The van der Waals surface area contributed by atoms with Crippen molar-refractivity contribution in [2.45, 2.75) is 31.7 Å². The van der Waals surface area contributed by atoms with Gasteiger partial charge in [0, 0.05) is 17.8 Å². The molecule has 0 aliphatic carbocycles. The Labute approximate surface area is 174 Å². The van der Waals surface area contributed by atoms with Crippen molar-refractivity contribution in [2.24, 2.45) is 0 Å². The zero-order chi connectivity index (χ0) is 19.3. The van der Waals surface area contributed by atoms with E-state index in [2.05, 4.69) is 27.7 Å². The van der Waals surface area contributed by atoms with Gasteiger partial charge in [0.25, 0.3) is 0 Å². The van der Waals surface area contributed by atoms with Crippen LogP contribution in [0.5, 0.6) is 11.5 Å². The fourth-order valence-corrected chi connectivity index (χ4v) is 4.94. The zero-order valence-corrected chi connectivity index (χ0v) is 17.4. The number of halogens is 1. The Morgan fingerprint density at radius 1 is 1.21 bits per heavy atom. The SMILES string of the molecule is O=C(Cc1cc(Cl)c2c(c1)OCCCO2)NC[C@@H](c1cccs1)N1CCCC1. The molecule has 28 heavy (non-hydrogen) atoms. The van der Waals surface area contributed by atoms with Gasteiger partial charge in [-0.1, -0.05) is 17.7 Å². The molecular formula is C21H25ClN2O3S. The number of hydrogen-bond donors (Lipinski definition) is 1. The van der Waals surface area contributed by atoms with E-state index >= 15 is 0 Å². The fraction of sp³-hybridized carbons (Fsp3) is 0.476. The predicted octanol–water partition coefficient (Wildman–Crippen LogP) is 4.06. The van der Waals surface area contributed by atoms with Crippen molar-refractivity contribution in [3.63, 3.8) is 0 Å². The average molecular weight is 421 g/mol. The van der Waals surface area contributed by atoms with E-state index in [0.29, 0.717) is 36.3 Å². The molecule has 0 radical (unpaired) electrons. The number of amides is 1. The van der Waals surface area contributed by atoms with Crippen LogP contribution in [0.15, 0.2) is 29.6 Å². The number of fused-ring (bicyclic) bond motifs is 1. The van der Waals surface area contributed by atoms with E-state index < -0.39 is 0 Å². The monoisotopic (exact) mass is 420 g/mol. The molecule has 3 heterocycles. The lowest BCUT2D eigenvalue weighted by Crippen LogP contribution is -2.37. The third-order valence-electron chi connectivity index (χ3n) is 5.17. The van der Waals surface area contributed by atoms with E-state index in [1.165, 1.54) is 17.7 Å². The molecule has 150 valence electrons. The van der Waals surface area contributed by atoms with E-state index in [-0.39, 0.29) is 18.4 Å². The number of likely N-dealkylation sites (tertiary alicyclic amines) is 1. The predicted molar refractivity (Wildman–Crippen MR) is 112 cm³/mol. The molecule has 2 aliphatic rings. The Morgan fingerprint density at radius 2 is 2.04 bits per heavy atom. The molecule has 0 saturated carbocycles. The highest BCUT2D eigenvalue weighted by atomic mass is 35.5. The smallest absolute Gasteiger partial charge is 0.224 e. The van der Waals surface area contributed by atoms with Gasteiger partial charge in [0.05, 0.1) is 30.7 Å². The van der Waals surface area contributed by atoms with Gasteiger partial charge >= 0.3 is 0 Å². The lowest BCUT2D eigenvalue weighted by molar-refractivity contribution is -0.120. The average Bonchev–Trinajstić information content (AvgIpc) is 3.34. The van der Waals surface area contributed by atoms with Gasteiger partial charge in [0.2, 0.25) is 5.91 Å². The van der Waals surface area contributed by atoms with Crippen LogP contribution >= 0.6 is 22.9 Å². The fourth-order valence-electron chi connectivity index (χ4n) is 3.79. The molecular weight excluding hydrogens is 396 g/mol. The summed E-state index contributed by atoms with van der Waals surface area (Å²) in [6.45, 7) is 3.99. The van der Waals surface area contributed by atoms with Crippen molar-refractivity contribution in [1.82, 2.24) is 10.2 Å². The van der Waals surface area contributed by atoms with Gasteiger partial charge in [-0.15, -0.1) is 11.3 Å². The molecule has 2 aliphatic heterocycles.